The van der Waals surface area contributed by atoms with Crippen LogP contribution in [-0.4, -0.2) is 48.6 Å². The van der Waals surface area contributed by atoms with Gasteiger partial charge >= 0.3 is 0 Å². The summed E-state index contributed by atoms with van der Waals surface area (Å²) in [4.78, 5) is 26.9. The zero-order chi connectivity index (χ0) is 18.5. The molecule has 26 heavy (non-hydrogen) atoms. The van der Waals surface area contributed by atoms with Crippen LogP contribution in [0.3, 0.4) is 0 Å². The zero-order valence-corrected chi connectivity index (χ0v) is 15.6. The van der Waals surface area contributed by atoms with Crippen LogP contribution >= 0.6 is 0 Å². The smallest absolute Gasteiger partial charge is 0.251 e. The highest BCUT2D eigenvalue weighted by Crippen LogP contribution is 2.27. The fourth-order valence-electron chi connectivity index (χ4n) is 3.50. The monoisotopic (exact) mass is 360 g/mol. The molecule has 3 rings (SSSR count). The molecule has 1 aromatic rings. The maximum atomic E-state index is 12.6. The first-order chi connectivity index (χ1) is 12.5. The van der Waals surface area contributed by atoms with Gasteiger partial charge in [0.2, 0.25) is 5.91 Å². The second-order valence-electron chi connectivity index (χ2n) is 7.25. The first kappa shape index (κ1) is 18.7. The average Bonchev–Trinajstić information content (AvgIpc) is 3.17. The molecule has 6 nitrogen and oxygen atoms in total. The molecule has 0 saturated carbocycles. The Balaban J connectivity index is 1.53. The van der Waals surface area contributed by atoms with Crippen molar-refractivity contribution in [1.29, 1.82) is 0 Å². The summed E-state index contributed by atoms with van der Waals surface area (Å²) in [6.07, 6.45) is 2.88. The van der Waals surface area contributed by atoms with E-state index in [-0.39, 0.29) is 29.9 Å². The number of hydrogen-bond donors (Lipinski definition) is 1. The summed E-state index contributed by atoms with van der Waals surface area (Å²) in [5, 5.41) is 2.99. The van der Waals surface area contributed by atoms with Gasteiger partial charge in [0.25, 0.3) is 5.91 Å². The summed E-state index contributed by atoms with van der Waals surface area (Å²) in [5.74, 6) is 0.670. The minimum atomic E-state index is -0.277. The molecule has 2 heterocycles. The van der Waals surface area contributed by atoms with Gasteiger partial charge in [-0.15, -0.1) is 0 Å². The third-order valence-electron chi connectivity index (χ3n) is 4.89. The van der Waals surface area contributed by atoms with Crippen LogP contribution in [0.25, 0.3) is 0 Å². The Morgan fingerprint density at radius 2 is 1.92 bits per heavy atom. The van der Waals surface area contributed by atoms with Gasteiger partial charge < -0.3 is 19.7 Å². The molecule has 0 aromatic heterocycles. The summed E-state index contributed by atoms with van der Waals surface area (Å²) in [6, 6.07) is 7.48. The number of benzene rings is 1. The Kier molecular flexibility index (Phi) is 6.14. The van der Waals surface area contributed by atoms with E-state index in [9.17, 15) is 9.59 Å². The lowest BCUT2D eigenvalue weighted by Crippen LogP contribution is -2.45. The van der Waals surface area contributed by atoms with E-state index in [1.54, 1.807) is 0 Å². The lowest BCUT2D eigenvalue weighted by Gasteiger charge is -2.32. The molecule has 2 aliphatic heterocycles. The number of rotatable bonds is 5. The normalized spacial score (nSPS) is 21.0. The first-order valence-corrected chi connectivity index (χ1v) is 9.51. The second kappa shape index (κ2) is 8.54. The highest BCUT2D eigenvalue weighted by molar-refractivity contribution is 5.94. The van der Waals surface area contributed by atoms with Crippen molar-refractivity contribution in [3.05, 3.63) is 24.3 Å². The van der Waals surface area contributed by atoms with E-state index in [0.29, 0.717) is 44.0 Å². The Morgan fingerprint density at radius 3 is 2.58 bits per heavy atom. The van der Waals surface area contributed by atoms with Crippen molar-refractivity contribution in [1.82, 2.24) is 4.90 Å². The molecular weight excluding hydrogens is 332 g/mol. The topological polar surface area (TPSA) is 67.9 Å². The molecule has 0 radical (unpaired) electrons. The van der Waals surface area contributed by atoms with Crippen molar-refractivity contribution in [2.45, 2.75) is 51.7 Å². The van der Waals surface area contributed by atoms with E-state index < -0.39 is 0 Å². The number of hydrogen-bond acceptors (Lipinski definition) is 4. The zero-order valence-electron chi connectivity index (χ0n) is 15.6. The number of piperidine rings is 1. The van der Waals surface area contributed by atoms with Crippen molar-refractivity contribution in [2.24, 2.45) is 5.92 Å². The fourth-order valence-corrected chi connectivity index (χ4v) is 3.50. The minimum absolute atomic E-state index is 0.00554. The number of likely N-dealkylation sites (tertiary alicyclic amines) is 1. The fraction of sp³-hybridized carbons (Fsp3) is 0.600. The first-order valence-electron chi connectivity index (χ1n) is 9.51. The van der Waals surface area contributed by atoms with Crippen molar-refractivity contribution in [2.75, 3.05) is 25.0 Å². The van der Waals surface area contributed by atoms with E-state index in [0.717, 1.165) is 12.8 Å². The Hall–Kier alpha value is -2.08. The third kappa shape index (κ3) is 4.55. The van der Waals surface area contributed by atoms with Crippen LogP contribution in [0.5, 0.6) is 5.75 Å². The number of carbonyl (C=O) groups is 2. The third-order valence-corrected chi connectivity index (χ3v) is 4.89. The summed E-state index contributed by atoms with van der Waals surface area (Å²) < 4.78 is 11.2. The molecule has 2 fully saturated rings. The molecule has 0 spiro atoms. The number of para-hydroxylation sites is 2. The van der Waals surface area contributed by atoms with Gasteiger partial charge in [0, 0.05) is 25.6 Å². The van der Waals surface area contributed by atoms with E-state index in [1.807, 2.05) is 43.0 Å². The SMILES string of the molecule is CC(C)Oc1ccccc1NC(=O)C1CCN(C(=O)C2CCCO2)CC1. The van der Waals surface area contributed by atoms with Crippen molar-refractivity contribution < 1.29 is 19.1 Å². The number of amides is 2. The Morgan fingerprint density at radius 1 is 1.19 bits per heavy atom. The standard InChI is InChI=1S/C20H28N2O4/c1-14(2)26-17-7-4-3-6-16(17)21-19(23)15-9-11-22(12-10-15)20(24)18-8-5-13-25-18/h3-4,6-7,14-15,18H,5,8-13H2,1-2H3,(H,21,23). The summed E-state index contributed by atoms with van der Waals surface area (Å²) in [5.41, 5.74) is 0.698. The van der Waals surface area contributed by atoms with Crippen LogP contribution in [0.4, 0.5) is 5.69 Å². The highest BCUT2D eigenvalue weighted by Gasteiger charge is 2.32. The second-order valence-corrected chi connectivity index (χ2v) is 7.25. The van der Waals surface area contributed by atoms with Gasteiger partial charge in [-0.05, 0) is 51.7 Å². The molecule has 1 N–H and O–H groups in total. The average molecular weight is 360 g/mol. The van der Waals surface area contributed by atoms with Crippen molar-refractivity contribution in [3.8, 4) is 5.75 Å². The Bertz CT molecular complexity index is 632. The van der Waals surface area contributed by atoms with Crippen LogP contribution in [0.2, 0.25) is 0 Å². The molecule has 1 unspecified atom stereocenters. The molecule has 1 aromatic carbocycles. The molecule has 2 amide bonds. The number of carbonyl (C=O) groups excluding carboxylic acids is 2. The van der Waals surface area contributed by atoms with Crippen molar-refractivity contribution in [3.63, 3.8) is 0 Å². The van der Waals surface area contributed by atoms with Gasteiger partial charge in [-0.2, -0.15) is 0 Å². The molecule has 2 aliphatic rings. The van der Waals surface area contributed by atoms with Gasteiger partial charge in [-0.1, -0.05) is 12.1 Å². The maximum Gasteiger partial charge on any atom is 0.251 e. The summed E-state index contributed by atoms with van der Waals surface area (Å²) >= 11 is 0. The summed E-state index contributed by atoms with van der Waals surface area (Å²) in [7, 11) is 0. The van der Waals surface area contributed by atoms with Crippen LogP contribution in [-0.2, 0) is 14.3 Å². The molecule has 1 atom stereocenters. The quantitative estimate of drug-likeness (QED) is 0.877. The van der Waals surface area contributed by atoms with Gasteiger partial charge in [0.1, 0.15) is 11.9 Å². The van der Waals surface area contributed by atoms with Gasteiger partial charge in [0.05, 0.1) is 11.8 Å². The molecule has 0 aliphatic carbocycles. The number of nitrogens with one attached hydrogen (secondary N) is 1. The van der Waals surface area contributed by atoms with Crippen LogP contribution in [0, 0.1) is 5.92 Å². The van der Waals surface area contributed by atoms with Gasteiger partial charge in [0.15, 0.2) is 0 Å². The Labute approximate surface area is 154 Å². The van der Waals surface area contributed by atoms with E-state index >= 15 is 0 Å². The molecule has 142 valence electrons. The predicted octanol–water partition coefficient (Wildman–Crippen LogP) is 2.83. The summed E-state index contributed by atoms with van der Waals surface area (Å²) in [6.45, 7) is 5.81. The lowest BCUT2D eigenvalue weighted by molar-refractivity contribution is -0.143. The van der Waals surface area contributed by atoms with Crippen molar-refractivity contribution >= 4 is 17.5 Å². The van der Waals surface area contributed by atoms with Gasteiger partial charge in [-0.25, -0.2) is 0 Å². The van der Waals surface area contributed by atoms with Crippen LogP contribution in [0.15, 0.2) is 24.3 Å². The molecular formula is C20H28N2O4. The minimum Gasteiger partial charge on any atom is -0.489 e. The molecule has 2 saturated heterocycles. The van der Waals surface area contributed by atoms with Gasteiger partial charge in [-0.3, -0.25) is 9.59 Å². The number of anilines is 1. The highest BCUT2D eigenvalue weighted by atomic mass is 16.5. The lowest BCUT2D eigenvalue weighted by atomic mass is 9.95. The largest absolute Gasteiger partial charge is 0.489 e. The van der Waals surface area contributed by atoms with E-state index in [4.69, 9.17) is 9.47 Å². The molecule has 6 heteroatoms. The van der Waals surface area contributed by atoms with Crippen LogP contribution in [0.1, 0.15) is 39.5 Å². The molecule has 0 bridgehead atoms. The van der Waals surface area contributed by atoms with Crippen LogP contribution < -0.4 is 10.1 Å². The predicted molar refractivity (Wildman–Crippen MR) is 99.1 cm³/mol. The number of ether oxygens (including phenoxy) is 2. The van der Waals surface area contributed by atoms with E-state index in [1.165, 1.54) is 0 Å². The maximum absolute atomic E-state index is 12.6. The van der Waals surface area contributed by atoms with E-state index in [2.05, 4.69) is 5.32 Å². The number of nitrogens with zero attached hydrogens (tertiary/aromatic N) is 1.